The van der Waals surface area contributed by atoms with E-state index >= 15 is 0 Å². The lowest BCUT2D eigenvalue weighted by Crippen LogP contribution is -2.42. The molecular formula is C11H17NO3. The molecule has 1 heterocycles. The fraction of sp³-hybridized carbons (Fsp3) is 0.818. The number of carbonyl (C=O) groups is 2. The normalized spacial score (nSPS) is 29.1. The Morgan fingerprint density at radius 3 is 2.60 bits per heavy atom. The van der Waals surface area contributed by atoms with Crippen LogP contribution in [0.4, 0.5) is 0 Å². The minimum atomic E-state index is -0.264. The van der Waals surface area contributed by atoms with Crippen molar-refractivity contribution >= 4 is 11.9 Å². The highest BCUT2D eigenvalue weighted by molar-refractivity contribution is 5.85. The number of ether oxygens (including phenoxy) is 1. The molecule has 1 saturated carbocycles. The number of nitrogens with zero attached hydrogens (tertiary/aromatic N) is 1. The fourth-order valence-electron chi connectivity index (χ4n) is 2.36. The molecule has 84 valence electrons. The molecule has 0 radical (unpaired) electrons. The maximum absolute atomic E-state index is 12.0. The maximum atomic E-state index is 12.0. The predicted octanol–water partition coefficient (Wildman–Crippen LogP) is 0.950. The van der Waals surface area contributed by atoms with E-state index in [2.05, 4.69) is 0 Å². The van der Waals surface area contributed by atoms with Crippen LogP contribution in [0, 0.1) is 5.92 Å². The molecule has 2 rings (SSSR count). The van der Waals surface area contributed by atoms with E-state index < -0.39 is 0 Å². The van der Waals surface area contributed by atoms with E-state index in [1.165, 1.54) is 0 Å². The van der Waals surface area contributed by atoms with E-state index in [1.807, 2.05) is 6.92 Å². The van der Waals surface area contributed by atoms with Crippen LogP contribution < -0.4 is 0 Å². The average Bonchev–Trinajstić information content (AvgIpc) is 2.70. The first kappa shape index (κ1) is 10.5. The summed E-state index contributed by atoms with van der Waals surface area (Å²) in [6.45, 7) is 2.21. The monoisotopic (exact) mass is 211 g/mol. The van der Waals surface area contributed by atoms with Gasteiger partial charge in [-0.05, 0) is 12.8 Å². The Morgan fingerprint density at radius 2 is 1.93 bits per heavy atom. The molecule has 1 aliphatic carbocycles. The molecule has 0 aromatic carbocycles. The molecular weight excluding hydrogens is 194 g/mol. The highest BCUT2D eigenvalue weighted by Crippen LogP contribution is 2.25. The van der Waals surface area contributed by atoms with Crippen molar-refractivity contribution in [2.24, 2.45) is 5.92 Å². The third kappa shape index (κ3) is 2.13. The van der Waals surface area contributed by atoms with Gasteiger partial charge in [-0.1, -0.05) is 19.8 Å². The third-order valence-corrected chi connectivity index (χ3v) is 3.26. The number of cyclic esters (lactones) is 1. The molecule has 1 unspecified atom stereocenters. The van der Waals surface area contributed by atoms with Crippen LogP contribution in [-0.4, -0.2) is 36.0 Å². The van der Waals surface area contributed by atoms with Crippen LogP contribution in [0.1, 0.15) is 32.6 Å². The fourth-order valence-corrected chi connectivity index (χ4v) is 2.36. The second kappa shape index (κ2) is 4.21. The summed E-state index contributed by atoms with van der Waals surface area (Å²) in [5.74, 6) is -0.371. The molecule has 1 amide bonds. The van der Waals surface area contributed by atoms with Gasteiger partial charge in [-0.2, -0.15) is 0 Å². The Bertz CT molecular complexity index is 271. The van der Waals surface area contributed by atoms with E-state index in [1.54, 1.807) is 4.90 Å². The SMILES string of the molecule is CC1COC(=O)CN(C2CCCC2)C1=O. The van der Waals surface area contributed by atoms with Gasteiger partial charge in [0.1, 0.15) is 13.2 Å². The summed E-state index contributed by atoms with van der Waals surface area (Å²) in [6, 6.07) is 0.269. The maximum Gasteiger partial charge on any atom is 0.325 e. The van der Waals surface area contributed by atoms with Gasteiger partial charge < -0.3 is 9.64 Å². The summed E-state index contributed by atoms with van der Waals surface area (Å²) >= 11 is 0. The molecule has 2 fully saturated rings. The van der Waals surface area contributed by atoms with Gasteiger partial charge in [0.15, 0.2) is 0 Å². The standard InChI is InChI=1S/C11H17NO3/c1-8-7-15-10(13)6-12(11(8)14)9-4-2-3-5-9/h8-9H,2-7H2,1H3. The Balaban J connectivity index is 2.11. The number of rotatable bonds is 1. The van der Waals surface area contributed by atoms with Gasteiger partial charge in [-0.15, -0.1) is 0 Å². The lowest BCUT2D eigenvalue weighted by Gasteiger charge is -2.27. The van der Waals surface area contributed by atoms with Crippen LogP contribution in [0.3, 0.4) is 0 Å². The number of carbonyl (C=O) groups excluding carboxylic acids is 2. The first-order valence-electron chi connectivity index (χ1n) is 5.64. The van der Waals surface area contributed by atoms with Crippen LogP contribution in [0.25, 0.3) is 0 Å². The van der Waals surface area contributed by atoms with Crippen molar-refractivity contribution in [3.63, 3.8) is 0 Å². The van der Waals surface area contributed by atoms with Crippen molar-refractivity contribution in [1.29, 1.82) is 0 Å². The highest BCUT2D eigenvalue weighted by atomic mass is 16.5. The minimum absolute atomic E-state index is 0.0766. The number of amides is 1. The van der Waals surface area contributed by atoms with Crippen molar-refractivity contribution in [1.82, 2.24) is 4.90 Å². The van der Waals surface area contributed by atoms with E-state index in [-0.39, 0.29) is 37.0 Å². The summed E-state index contributed by atoms with van der Waals surface area (Å²) < 4.78 is 4.97. The van der Waals surface area contributed by atoms with Crippen LogP contribution in [0.15, 0.2) is 0 Å². The lowest BCUT2D eigenvalue weighted by molar-refractivity contribution is -0.145. The first-order chi connectivity index (χ1) is 7.18. The van der Waals surface area contributed by atoms with Gasteiger partial charge in [0.25, 0.3) is 0 Å². The zero-order valence-corrected chi connectivity index (χ0v) is 9.07. The minimum Gasteiger partial charge on any atom is -0.464 e. The summed E-state index contributed by atoms with van der Waals surface area (Å²) in [5.41, 5.74) is 0. The molecule has 1 saturated heterocycles. The van der Waals surface area contributed by atoms with Gasteiger partial charge in [0, 0.05) is 6.04 Å². The smallest absolute Gasteiger partial charge is 0.325 e. The number of hydrogen-bond acceptors (Lipinski definition) is 3. The molecule has 0 aromatic rings. The number of esters is 1. The highest BCUT2D eigenvalue weighted by Gasteiger charge is 2.34. The summed E-state index contributed by atoms with van der Waals surface area (Å²) in [5, 5.41) is 0. The van der Waals surface area contributed by atoms with Crippen molar-refractivity contribution < 1.29 is 14.3 Å². The molecule has 0 bridgehead atoms. The average molecular weight is 211 g/mol. The molecule has 0 aromatic heterocycles. The van der Waals surface area contributed by atoms with Crippen LogP contribution >= 0.6 is 0 Å². The number of hydrogen-bond donors (Lipinski definition) is 0. The van der Waals surface area contributed by atoms with Gasteiger partial charge in [-0.3, -0.25) is 9.59 Å². The van der Waals surface area contributed by atoms with E-state index in [9.17, 15) is 9.59 Å². The quantitative estimate of drug-likeness (QED) is 0.607. The van der Waals surface area contributed by atoms with Gasteiger partial charge in [0.05, 0.1) is 5.92 Å². The Kier molecular flexibility index (Phi) is 2.93. The van der Waals surface area contributed by atoms with Gasteiger partial charge >= 0.3 is 5.97 Å². The molecule has 15 heavy (non-hydrogen) atoms. The summed E-state index contributed by atoms with van der Waals surface area (Å²) in [4.78, 5) is 25.0. The Morgan fingerprint density at radius 1 is 1.27 bits per heavy atom. The van der Waals surface area contributed by atoms with Crippen LogP contribution in [0.5, 0.6) is 0 Å². The molecule has 0 N–H and O–H groups in total. The van der Waals surface area contributed by atoms with E-state index in [0.717, 1.165) is 25.7 Å². The van der Waals surface area contributed by atoms with Crippen molar-refractivity contribution in [2.45, 2.75) is 38.6 Å². The summed E-state index contributed by atoms with van der Waals surface area (Å²) in [7, 11) is 0. The second-order valence-electron chi connectivity index (χ2n) is 4.49. The lowest BCUT2D eigenvalue weighted by atomic mass is 10.1. The topological polar surface area (TPSA) is 46.6 Å². The summed E-state index contributed by atoms with van der Waals surface area (Å²) in [6.07, 6.45) is 4.40. The van der Waals surface area contributed by atoms with E-state index in [4.69, 9.17) is 4.74 Å². The molecule has 4 heteroatoms. The Hall–Kier alpha value is -1.06. The van der Waals surface area contributed by atoms with Gasteiger partial charge in [-0.25, -0.2) is 0 Å². The molecule has 4 nitrogen and oxygen atoms in total. The zero-order valence-electron chi connectivity index (χ0n) is 9.07. The van der Waals surface area contributed by atoms with Crippen molar-refractivity contribution in [3.05, 3.63) is 0 Å². The largest absolute Gasteiger partial charge is 0.464 e. The molecule has 1 atom stereocenters. The predicted molar refractivity (Wildman–Crippen MR) is 54.1 cm³/mol. The third-order valence-electron chi connectivity index (χ3n) is 3.26. The molecule has 2 aliphatic rings. The zero-order chi connectivity index (χ0) is 10.8. The van der Waals surface area contributed by atoms with Crippen molar-refractivity contribution in [2.75, 3.05) is 13.2 Å². The van der Waals surface area contributed by atoms with Gasteiger partial charge in [0.2, 0.25) is 5.91 Å². The first-order valence-corrected chi connectivity index (χ1v) is 5.64. The second-order valence-corrected chi connectivity index (χ2v) is 4.49. The Labute approximate surface area is 89.6 Å². The molecule has 1 aliphatic heterocycles. The van der Waals surface area contributed by atoms with Crippen LogP contribution in [0.2, 0.25) is 0 Å². The van der Waals surface area contributed by atoms with E-state index in [0.29, 0.717) is 0 Å². The van der Waals surface area contributed by atoms with Crippen molar-refractivity contribution in [3.8, 4) is 0 Å². The molecule has 0 spiro atoms. The van der Waals surface area contributed by atoms with Crippen LogP contribution in [-0.2, 0) is 14.3 Å².